The average Bonchev–Trinajstić information content (AvgIpc) is 3.99. The summed E-state index contributed by atoms with van der Waals surface area (Å²) in [6.07, 6.45) is 27.1. The maximum atomic E-state index is 5.38. The molecule has 9 heterocycles. The number of aromatic nitrogens is 4. The summed E-state index contributed by atoms with van der Waals surface area (Å²) in [5.74, 6) is 0. The van der Waals surface area contributed by atoms with Gasteiger partial charge in [0, 0.05) is 55.2 Å². The third-order valence-electron chi connectivity index (χ3n) is 9.85. The maximum absolute atomic E-state index is 5.38. The molecule has 0 aromatic carbocycles. The maximum Gasteiger partial charge on any atom is 3.00 e. The standard InChI is InChI=1S/C44H36N8.Mn/c1-49-25-9-5-13-37(49)41-29-17-19-31(45-29)42(38-14-6-10-26-50(38)2)33-21-23-35(47-33)44(40-16-8-12-28-52(40)4)36-24-22-34(48-36)43(32-20-18-30(41)46-32)39-15-7-11-27-51(39)3;/h5-28H,1-4H3;/q+2;+3. The molecule has 0 fully saturated rings. The van der Waals surface area contributed by atoms with Crippen molar-refractivity contribution >= 4 is 33.9 Å². The van der Waals surface area contributed by atoms with Gasteiger partial charge >= 0.3 is 17.1 Å². The van der Waals surface area contributed by atoms with E-state index in [0.717, 1.165) is 90.7 Å². The van der Waals surface area contributed by atoms with Gasteiger partial charge in [-0.2, -0.15) is 0 Å². The third-order valence-corrected chi connectivity index (χ3v) is 9.85. The van der Waals surface area contributed by atoms with E-state index in [-0.39, 0.29) is 17.1 Å². The Hall–Kier alpha value is -6.28. The molecule has 0 aliphatic carbocycles. The topological polar surface area (TPSA) is 66.1 Å². The molecule has 9 rings (SSSR count). The van der Waals surface area contributed by atoms with Gasteiger partial charge in [0.2, 0.25) is 17.1 Å². The summed E-state index contributed by atoms with van der Waals surface area (Å²) in [5.41, 5.74) is 14.5. The summed E-state index contributed by atoms with van der Waals surface area (Å²) in [7, 11) is 8.24. The summed E-state index contributed by atoms with van der Waals surface area (Å²) in [6, 6.07) is 22.9. The molecule has 254 valence electrons. The van der Waals surface area contributed by atoms with E-state index in [0.29, 0.717) is 0 Å². The molecular weight excluding hydrogens is 695 g/mol. The fourth-order valence-electron chi connectivity index (χ4n) is 7.27. The van der Waals surface area contributed by atoms with Crippen LogP contribution in [-0.4, -0.2) is 29.1 Å². The van der Waals surface area contributed by atoms with Crippen molar-refractivity contribution in [3.05, 3.63) is 203 Å². The van der Waals surface area contributed by atoms with Crippen LogP contribution in [0.5, 0.6) is 0 Å². The number of hydrogen-bond donors (Lipinski definition) is 0. The zero-order valence-electron chi connectivity index (χ0n) is 29.8. The predicted molar refractivity (Wildman–Crippen MR) is 204 cm³/mol. The van der Waals surface area contributed by atoms with Crippen LogP contribution in [0.1, 0.15) is 28.5 Å². The van der Waals surface area contributed by atoms with Crippen molar-refractivity contribution in [1.29, 1.82) is 0 Å². The number of fused-ring (bicyclic) bond motifs is 5. The smallest absolute Gasteiger partial charge is 0.656 e. The van der Waals surface area contributed by atoms with Crippen LogP contribution in [0.2, 0.25) is 0 Å². The normalized spacial score (nSPS) is 18.6. The van der Waals surface area contributed by atoms with Crippen LogP contribution in [-0.2, 0) is 38.2 Å². The van der Waals surface area contributed by atoms with Crippen molar-refractivity contribution in [2.24, 2.45) is 36.1 Å². The second-order valence-electron chi connectivity index (χ2n) is 13.1. The van der Waals surface area contributed by atoms with Crippen LogP contribution >= 0.6 is 0 Å². The van der Waals surface area contributed by atoms with E-state index in [2.05, 4.69) is 169 Å². The summed E-state index contributed by atoms with van der Waals surface area (Å²) >= 11 is 0. The van der Waals surface area contributed by atoms with Crippen molar-refractivity contribution in [3.8, 4) is 0 Å². The van der Waals surface area contributed by atoms with Crippen LogP contribution in [0.4, 0.5) is 0 Å². The van der Waals surface area contributed by atoms with Crippen molar-refractivity contribution in [2.45, 2.75) is 0 Å². The Morgan fingerprint density at radius 2 is 0.925 bits per heavy atom. The zero-order valence-corrected chi connectivity index (χ0v) is 31.0. The number of nitrogens with zero attached hydrogens (tertiary/aromatic N) is 8. The monoisotopic (exact) mass is 731 g/mol. The van der Waals surface area contributed by atoms with Gasteiger partial charge in [-0.05, 0) is 66.8 Å². The molecule has 0 spiro atoms. The first-order valence-corrected chi connectivity index (χ1v) is 17.3. The summed E-state index contributed by atoms with van der Waals surface area (Å²) in [6.45, 7) is 0. The first-order chi connectivity index (χ1) is 25.4. The van der Waals surface area contributed by atoms with E-state index in [1.165, 1.54) is 0 Å². The number of rotatable bonds is 3. The predicted octanol–water partition coefficient (Wildman–Crippen LogP) is 5.36. The summed E-state index contributed by atoms with van der Waals surface area (Å²) in [5, 5.41) is 0. The quantitative estimate of drug-likeness (QED) is 0.211. The van der Waals surface area contributed by atoms with Crippen molar-refractivity contribution in [3.63, 3.8) is 0 Å². The SMILES string of the molecule is CN1C=CC=C/C1=C1\C2=NC(=C(c3cccc[n+]3C)C3=NC(=C(c4cccc[n+]4C)c4ccc([n-]4)C(c4cccc[n+]4C)=C4C=CC1=N4)C=C3)C=C2.[Mn+3]. The molecule has 0 atom stereocenters. The Kier molecular flexibility index (Phi) is 8.74. The Morgan fingerprint density at radius 1 is 0.491 bits per heavy atom. The van der Waals surface area contributed by atoms with Gasteiger partial charge in [-0.15, -0.1) is 11.4 Å². The molecule has 4 aromatic rings. The van der Waals surface area contributed by atoms with E-state index < -0.39 is 0 Å². The van der Waals surface area contributed by atoms with E-state index in [4.69, 9.17) is 20.0 Å². The van der Waals surface area contributed by atoms with Gasteiger partial charge in [-0.3, -0.25) is 0 Å². The molecule has 4 aromatic heterocycles. The number of aryl methyl sites for hydroxylation is 3. The summed E-state index contributed by atoms with van der Waals surface area (Å²) < 4.78 is 6.37. The largest absolute Gasteiger partial charge is 3.00 e. The van der Waals surface area contributed by atoms with Gasteiger partial charge < -0.3 is 9.88 Å². The zero-order chi connectivity index (χ0) is 35.3. The third kappa shape index (κ3) is 5.90. The molecule has 9 heteroatoms. The van der Waals surface area contributed by atoms with E-state index in [1.54, 1.807) is 0 Å². The van der Waals surface area contributed by atoms with Crippen molar-refractivity contribution in [2.75, 3.05) is 7.05 Å². The van der Waals surface area contributed by atoms with Crippen LogP contribution in [0.15, 0.2) is 190 Å². The molecule has 53 heavy (non-hydrogen) atoms. The van der Waals surface area contributed by atoms with E-state index >= 15 is 0 Å². The molecule has 0 saturated heterocycles. The minimum absolute atomic E-state index is 0. The van der Waals surface area contributed by atoms with Gasteiger partial charge in [-0.1, -0.05) is 18.2 Å². The fraction of sp³-hybridized carbons (Fsp3) is 0.0909. The van der Waals surface area contributed by atoms with Gasteiger partial charge in [0.15, 0.2) is 18.6 Å². The van der Waals surface area contributed by atoms with E-state index in [9.17, 15) is 0 Å². The van der Waals surface area contributed by atoms with Crippen LogP contribution in [0, 0.1) is 0 Å². The minimum Gasteiger partial charge on any atom is -0.656 e. The molecule has 0 saturated carbocycles. The molecule has 8 nitrogen and oxygen atoms in total. The van der Waals surface area contributed by atoms with Gasteiger partial charge in [-0.25, -0.2) is 28.7 Å². The van der Waals surface area contributed by atoms with Gasteiger partial charge in [0.1, 0.15) is 21.1 Å². The van der Waals surface area contributed by atoms with Gasteiger partial charge in [0.05, 0.1) is 56.6 Å². The number of aliphatic imine (C=N–C) groups is 3. The molecule has 8 bridgehead atoms. The molecule has 0 N–H and O–H groups in total. The van der Waals surface area contributed by atoms with Crippen molar-refractivity contribution < 1.29 is 30.8 Å². The molecule has 0 amide bonds. The number of likely N-dealkylation sites (N-methyl/N-ethyl adjacent to an activating group) is 1. The minimum atomic E-state index is 0. The first-order valence-electron chi connectivity index (χ1n) is 17.3. The molecular formula is C44H36MnN8+5. The molecule has 5 aliphatic rings. The summed E-state index contributed by atoms with van der Waals surface area (Å²) in [4.78, 5) is 23.7. The second kappa shape index (κ2) is 13.7. The fourth-order valence-corrected chi connectivity index (χ4v) is 7.27. The van der Waals surface area contributed by atoms with Crippen LogP contribution in [0.25, 0.3) is 16.7 Å². The van der Waals surface area contributed by atoms with Crippen LogP contribution in [0.3, 0.4) is 0 Å². The molecule has 0 radical (unpaired) electrons. The Balaban J connectivity index is 0.00000400. The van der Waals surface area contributed by atoms with Crippen LogP contribution < -0.4 is 18.7 Å². The Morgan fingerprint density at radius 3 is 1.38 bits per heavy atom. The molecule has 5 aliphatic heterocycles. The Labute approximate surface area is 319 Å². The van der Waals surface area contributed by atoms with E-state index in [1.807, 2.05) is 24.3 Å². The van der Waals surface area contributed by atoms with Gasteiger partial charge in [0.25, 0.3) is 0 Å². The average molecular weight is 732 g/mol. The first kappa shape index (κ1) is 33.8. The number of allylic oxidation sites excluding steroid dienone is 11. The molecule has 0 unspecified atom stereocenters. The number of pyridine rings is 3. The van der Waals surface area contributed by atoms with Crippen molar-refractivity contribution in [1.82, 2.24) is 9.88 Å². The second-order valence-corrected chi connectivity index (χ2v) is 13.1. The Bertz CT molecular complexity index is 2610. The number of hydrogen-bond acceptors (Lipinski definition) is 4.